The highest BCUT2D eigenvalue weighted by Gasteiger charge is 2.30. The minimum absolute atomic E-state index is 0.0502. The fourth-order valence-electron chi connectivity index (χ4n) is 3.11. The van der Waals surface area contributed by atoms with Gasteiger partial charge in [0.15, 0.2) is 11.6 Å². The Hall–Kier alpha value is -3.01. The van der Waals surface area contributed by atoms with Crippen molar-refractivity contribution in [1.82, 2.24) is 15.0 Å². The number of benzene rings is 2. The molecule has 30 heavy (non-hydrogen) atoms. The number of nitrogens with zero attached hydrogens (tertiary/aromatic N) is 4. The number of ether oxygens (including phenoxy) is 1. The van der Waals surface area contributed by atoms with Gasteiger partial charge < -0.3 is 4.74 Å². The van der Waals surface area contributed by atoms with E-state index < -0.39 is 21.7 Å². The van der Waals surface area contributed by atoms with Gasteiger partial charge in [-0.1, -0.05) is 12.1 Å². The van der Waals surface area contributed by atoms with Crippen LogP contribution in [0.1, 0.15) is 43.6 Å². The first kappa shape index (κ1) is 21.7. The first-order valence-electron chi connectivity index (χ1n) is 9.45. The predicted octanol–water partition coefficient (Wildman–Crippen LogP) is 3.55. The third kappa shape index (κ3) is 4.00. The molecule has 0 aliphatic rings. The molecule has 0 N–H and O–H groups in total. The van der Waals surface area contributed by atoms with Crippen LogP contribution >= 0.6 is 0 Å². The van der Waals surface area contributed by atoms with Crippen LogP contribution in [0.15, 0.2) is 36.4 Å². The molecule has 0 radical (unpaired) electrons. The van der Waals surface area contributed by atoms with Crippen molar-refractivity contribution in [3.05, 3.63) is 47.8 Å². The van der Waals surface area contributed by atoms with Crippen LogP contribution in [0.25, 0.3) is 11.0 Å². The quantitative estimate of drug-likeness (QED) is 0.564. The number of amides is 1. The molecule has 0 fully saturated rings. The fourth-order valence-corrected chi connectivity index (χ4v) is 4.60. The molecule has 8 nitrogen and oxygen atoms in total. The lowest BCUT2D eigenvalue weighted by atomic mass is 10.1. The zero-order valence-electron chi connectivity index (χ0n) is 17.2. The molecule has 10 heteroatoms. The topological polar surface area (TPSA) is 94.4 Å². The second-order valence-corrected chi connectivity index (χ2v) is 8.97. The Labute approximate surface area is 174 Å². The Morgan fingerprint density at radius 2 is 1.97 bits per heavy atom. The second-order valence-electron chi connectivity index (χ2n) is 7.04. The van der Waals surface area contributed by atoms with Gasteiger partial charge in [0, 0.05) is 17.7 Å². The van der Waals surface area contributed by atoms with Crippen LogP contribution < -0.4 is 9.04 Å². The maximum absolute atomic E-state index is 14.3. The Balaban J connectivity index is 2.10. The van der Waals surface area contributed by atoms with E-state index in [9.17, 15) is 17.6 Å². The molecule has 3 aromatic rings. The third-order valence-electron chi connectivity index (χ3n) is 4.50. The molecule has 3 rings (SSSR count). The van der Waals surface area contributed by atoms with E-state index in [-0.39, 0.29) is 28.8 Å². The van der Waals surface area contributed by atoms with Gasteiger partial charge in [0.1, 0.15) is 5.52 Å². The van der Waals surface area contributed by atoms with Gasteiger partial charge in [-0.05, 0) is 50.6 Å². The highest BCUT2D eigenvalue weighted by Crippen LogP contribution is 2.28. The summed E-state index contributed by atoms with van der Waals surface area (Å²) in [4.78, 5) is 13.3. The van der Waals surface area contributed by atoms with E-state index in [0.717, 1.165) is 11.6 Å². The zero-order chi connectivity index (χ0) is 22.1. The van der Waals surface area contributed by atoms with Gasteiger partial charge >= 0.3 is 0 Å². The number of halogens is 1. The van der Waals surface area contributed by atoms with E-state index in [1.807, 2.05) is 13.8 Å². The van der Waals surface area contributed by atoms with Crippen molar-refractivity contribution in [3.8, 4) is 5.75 Å². The minimum Gasteiger partial charge on any atom is -0.494 e. The molecule has 0 aliphatic heterocycles. The monoisotopic (exact) mass is 434 g/mol. The average molecular weight is 434 g/mol. The molecule has 0 unspecified atom stereocenters. The number of methoxy groups -OCH3 is 1. The van der Waals surface area contributed by atoms with Crippen LogP contribution in [0.5, 0.6) is 5.75 Å². The summed E-state index contributed by atoms with van der Waals surface area (Å²) >= 11 is 0. The molecule has 160 valence electrons. The first-order chi connectivity index (χ1) is 14.2. The van der Waals surface area contributed by atoms with Gasteiger partial charge in [0.05, 0.1) is 24.1 Å². The number of anilines is 1. The second kappa shape index (κ2) is 8.39. The van der Waals surface area contributed by atoms with Crippen molar-refractivity contribution >= 4 is 32.7 Å². The van der Waals surface area contributed by atoms with Crippen LogP contribution in [0.3, 0.4) is 0 Å². The first-order valence-corrected chi connectivity index (χ1v) is 11.1. The highest BCUT2D eigenvalue weighted by molar-refractivity contribution is 7.93. The highest BCUT2D eigenvalue weighted by atomic mass is 32.2. The van der Waals surface area contributed by atoms with Crippen molar-refractivity contribution in [1.29, 1.82) is 0 Å². The molecule has 0 saturated carbocycles. The normalized spacial score (nSPS) is 11.8. The number of hydrogen-bond acceptors (Lipinski definition) is 6. The minimum atomic E-state index is -4.04. The van der Waals surface area contributed by atoms with Gasteiger partial charge in [-0.25, -0.2) is 21.8 Å². The van der Waals surface area contributed by atoms with Crippen LogP contribution in [0.4, 0.5) is 10.1 Å². The van der Waals surface area contributed by atoms with Crippen LogP contribution in [0.2, 0.25) is 0 Å². The maximum atomic E-state index is 14.3. The van der Waals surface area contributed by atoms with Gasteiger partial charge in [0.25, 0.3) is 5.91 Å². The predicted molar refractivity (Wildman–Crippen MR) is 112 cm³/mol. The summed E-state index contributed by atoms with van der Waals surface area (Å²) in [5.41, 5.74) is 1.19. The van der Waals surface area contributed by atoms with E-state index in [4.69, 9.17) is 4.74 Å². The van der Waals surface area contributed by atoms with Crippen molar-refractivity contribution < 1.29 is 22.3 Å². The molecule has 1 amide bonds. The van der Waals surface area contributed by atoms with E-state index in [0.29, 0.717) is 16.2 Å². The smallest absolute Gasteiger partial charge is 0.272 e. The van der Waals surface area contributed by atoms with Crippen LogP contribution in [-0.4, -0.2) is 42.2 Å². The summed E-state index contributed by atoms with van der Waals surface area (Å²) in [7, 11) is -2.74. The Morgan fingerprint density at radius 1 is 1.23 bits per heavy atom. The number of hydrogen-bond donors (Lipinski definition) is 0. The molecular formula is C20H23FN4O4S. The standard InChI is InChI=1S/C20H23FN4O4S/c1-5-10-30(27,28)25(15-7-9-19(29-4)16(21)12-15)20(26)14-6-8-18-17(11-14)22-23-24(18)13(2)3/h6-9,11-13H,5,10H2,1-4H3. The van der Waals surface area contributed by atoms with E-state index in [1.54, 1.807) is 17.7 Å². The van der Waals surface area contributed by atoms with Gasteiger partial charge in [0.2, 0.25) is 10.0 Å². The lowest BCUT2D eigenvalue weighted by Crippen LogP contribution is -2.38. The summed E-state index contributed by atoms with van der Waals surface area (Å²) < 4.78 is 47.3. The van der Waals surface area contributed by atoms with E-state index in [1.165, 1.54) is 31.4 Å². The van der Waals surface area contributed by atoms with Gasteiger partial charge in [-0.3, -0.25) is 4.79 Å². The summed E-state index contributed by atoms with van der Waals surface area (Å²) in [5, 5.41) is 8.13. The average Bonchev–Trinajstić information content (AvgIpc) is 3.11. The number of sulfonamides is 1. The van der Waals surface area contributed by atoms with Crippen LogP contribution in [-0.2, 0) is 10.0 Å². The summed E-state index contributed by atoms with van der Waals surface area (Å²) in [6.07, 6.45) is 0.298. The summed E-state index contributed by atoms with van der Waals surface area (Å²) in [6.45, 7) is 5.58. The molecule has 0 saturated heterocycles. The number of rotatable bonds is 7. The van der Waals surface area contributed by atoms with Gasteiger partial charge in [-0.2, -0.15) is 0 Å². The van der Waals surface area contributed by atoms with E-state index in [2.05, 4.69) is 10.3 Å². The lowest BCUT2D eigenvalue weighted by molar-refractivity contribution is 0.101. The number of fused-ring (bicyclic) bond motifs is 1. The third-order valence-corrected chi connectivity index (χ3v) is 6.36. The van der Waals surface area contributed by atoms with Crippen molar-refractivity contribution in [2.75, 3.05) is 17.2 Å². The molecular weight excluding hydrogens is 411 g/mol. The maximum Gasteiger partial charge on any atom is 0.272 e. The lowest BCUT2D eigenvalue weighted by Gasteiger charge is -2.23. The Bertz CT molecular complexity index is 1190. The van der Waals surface area contributed by atoms with Crippen LogP contribution in [0, 0.1) is 5.82 Å². The van der Waals surface area contributed by atoms with Crippen molar-refractivity contribution in [2.45, 2.75) is 33.2 Å². The molecule has 0 bridgehead atoms. The molecule has 1 aromatic heterocycles. The van der Waals surface area contributed by atoms with Crippen molar-refractivity contribution in [2.24, 2.45) is 0 Å². The number of aromatic nitrogens is 3. The molecule has 0 atom stereocenters. The largest absolute Gasteiger partial charge is 0.494 e. The SMILES string of the molecule is CCCS(=O)(=O)N(C(=O)c1ccc2c(c1)nnn2C(C)C)c1ccc(OC)c(F)c1. The van der Waals surface area contributed by atoms with Gasteiger partial charge in [-0.15, -0.1) is 5.10 Å². The molecule has 2 aromatic carbocycles. The van der Waals surface area contributed by atoms with Crippen molar-refractivity contribution in [3.63, 3.8) is 0 Å². The fraction of sp³-hybridized carbons (Fsp3) is 0.350. The Morgan fingerprint density at radius 3 is 2.57 bits per heavy atom. The summed E-state index contributed by atoms with van der Waals surface area (Å²) in [5.74, 6) is -1.88. The van der Waals surface area contributed by atoms with E-state index >= 15 is 0 Å². The zero-order valence-corrected chi connectivity index (χ0v) is 18.0. The number of carbonyl (C=O) groups is 1. The number of carbonyl (C=O) groups excluding carboxylic acids is 1. The molecule has 0 aliphatic carbocycles. The molecule has 1 heterocycles. The Kier molecular flexibility index (Phi) is 6.06. The summed E-state index contributed by atoms with van der Waals surface area (Å²) in [6, 6.07) is 8.32. The molecule has 0 spiro atoms.